The number of pyridine rings is 1. The van der Waals surface area contributed by atoms with Gasteiger partial charge in [0.1, 0.15) is 12.4 Å². The van der Waals surface area contributed by atoms with E-state index in [1.165, 1.54) is 24.5 Å². The van der Waals surface area contributed by atoms with E-state index in [0.717, 1.165) is 5.56 Å². The van der Waals surface area contributed by atoms with Crippen molar-refractivity contribution in [3.05, 3.63) is 95.5 Å². The Labute approximate surface area is 161 Å². The Morgan fingerprint density at radius 1 is 0.929 bits per heavy atom. The molecule has 0 bridgehead atoms. The molecule has 1 N–H and O–H groups in total. The lowest BCUT2D eigenvalue weighted by molar-refractivity contribution is -0.605. The molecular formula is C21H18N2O5. The molecular weight excluding hydrogens is 360 g/mol. The summed E-state index contributed by atoms with van der Waals surface area (Å²) in [7, 11) is 0. The van der Waals surface area contributed by atoms with Crippen molar-refractivity contribution in [2.75, 3.05) is 11.9 Å². The lowest BCUT2D eigenvalue weighted by Gasteiger charge is -2.09. The minimum Gasteiger partial charge on any atom is -0.619 e. The zero-order chi connectivity index (χ0) is 19.8. The summed E-state index contributed by atoms with van der Waals surface area (Å²) in [5.41, 5.74) is 1.81. The monoisotopic (exact) mass is 378 g/mol. The van der Waals surface area contributed by atoms with Gasteiger partial charge in [0.05, 0.1) is 5.56 Å². The molecule has 1 heterocycles. The molecule has 0 spiro atoms. The number of ether oxygens (including phenoxy) is 2. The minimum absolute atomic E-state index is 0.194. The normalized spacial score (nSPS) is 10.1. The van der Waals surface area contributed by atoms with Crippen molar-refractivity contribution in [2.24, 2.45) is 0 Å². The first-order valence-electron chi connectivity index (χ1n) is 8.53. The van der Waals surface area contributed by atoms with Gasteiger partial charge in [0.2, 0.25) is 0 Å². The van der Waals surface area contributed by atoms with Crippen molar-refractivity contribution in [2.45, 2.75) is 6.61 Å². The minimum atomic E-state index is -0.680. The maximum Gasteiger partial charge on any atom is 0.339 e. The average molecular weight is 378 g/mol. The van der Waals surface area contributed by atoms with Crippen molar-refractivity contribution in [3.63, 3.8) is 0 Å². The molecule has 142 valence electrons. The van der Waals surface area contributed by atoms with E-state index in [0.29, 0.717) is 22.8 Å². The number of anilines is 1. The van der Waals surface area contributed by atoms with Crippen LogP contribution in [0.15, 0.2) is 79.1 Å². The van der Waals surface area contributed by atoms with Gasteiger partial charge in [-0.15, -0.1) is 0 Å². The standard InChI is InChI=1S/C21H18N2O5/c24-20(15-28-21(25)17-10-12-23(26)13-11-17)22-18-6-8-19(9-7-18)27-14-16-4-2-1-3-5-16/h1-13H,14-15H2,(H,22,24). The van der Waals surface area contributed by atoms with Gasteiger partial charge >= 0.3 is 5.97 Å². The summed E-state index contributed by atoms with van der Waals surface area (Å²) in [4.78, 5) is 23.7. The van der Waals surface area contributed by atoms with Crippen LogP contribution >= 0.6 is 0 Å². The van der Waals surface area contributed by atoms with Crippen LogP contribution in [0.25, 0.3) is 0 Å². The Balaban J connectivity index is 1.45. The second kappa shape index (κ2) is 9.18. The van der Waals surface area contributed by atoms with Crippen LogP contribution in [-0.2, 0) is 16.1 Å². The van der Waals surface area contributed by atoms with Gasteiger partial charge in [-0.25, -0.2) is 4.79 Å². The molecule has 1 aromatic heterocycles. The van der Waals surface area contributed by atoms with Crippen LogP contribution in [0, 0.1) is 5.21 Å². The summed E-state index contributed by atoms with van der Waals surface area (Å²) in [6.45, 7) is 0.0195. The Bertz CT molecular complexity index is 925. The van der Waals surface area contributed by atoms with Crippen LogP contribution in [0.4, 0.5) is 5.69 Å². The summed E-state index contributed by atoms with van der Waals surface area (Å²) in [6.07, 6.45) is 2.36. The summed E-state index contributed by atoms with van der Waals surface area (Å²) >= 11 is 0. The van der Waals surface area contributed by atoms with E-state index in [2.05, 4.69) is 5.32 Å². The topological polar surface area (TPSA) is 91.6 Å². The van der Waals surface area contributed by atoms with E-state index in [4.69, 9.17) is 9.47 Å². The summed E-state index contributed by atoms with van der Waals surface area (Å²) in [6, 6.07) is 19.3. The van der Waals surface area contributed by atoms with Crippen molar-refractivity contribution in [1.82, 2.24) is 0 Å². The first-order valence-corrected chi connectivity index (χ1v) is 8.53. The lowest BCUT2D eigenvalue weighted by atomic mass is 10.2. The van der Waals surface area contributed by atoms with Gasteiger partial charge in [-0.1, -0.05) is 30.3 Å². The fourth-order valence-corrected chi connectivity index (χ4v) is 2.34. The quantitative estimate of drug-likeness (QED) is 0.388. The molecule has 3 aromatic rings. The molecule has 0 aliphatic heterocycles. The molecule has 3 rings (SSSR count). The molecule has 0 saturated heterocycles. The van der Waals surface area contributed by atoms with Crippen LogP contribution in [0.5, 0.6) is 5.75 Å². The van der Waals surface area contributed by atoms with Gasteiger partial charge in [0.25, 0.3) is 5.91 Å². The van der Waals surface area contributed by atoms with Gasteiger partial charge in [0, 0.05) is 17.8 Å². The molecule has 2 aromatic carbocycles. The molecule has 0 fully saturated rings. The number of hydrogen-bond acceptors (Lipinski definition) is 5. The van der Waals surface area contributed by atoms with E-state index in [1.54, 1.807) is 24.3 Å². The number of carbonyl (C=O) groups is 2. The highest BCUT2D eigenvalue weighted by atomic mass is 16.5. The van der Waals surface area contributed by atoms with E-state index in [-0.39, 0.29) is 5.56 Å². The maximum atomic E-state index is 11.9. The number of nitrogens with one attached hydrogen (secondary N) is 1. The SMILES string of the molecule is O=C(COC(=O)c1cc[n+]([O-])cc1)Nc1ccc(OCc2ccccc2)cc1. The first-order chi connectivity index (χ1) is 13.6. The Morgan fingerprint density at radius 3 is 2.29 bits per heavy atom. The van der Waals surface area contributed by atoms with E-state index in [9.17, 15) is 14.8 Å². The van der Waals surface area contributed by atoms with Crippen LogP contribution in [0.2, 0.25) is 0 Å². The van der Waals surface area contributed by atoms with Crippen LogP contribution < -0.4 is 14.8 Å². The van der Waals surface area contributed by atoms with Crippen LogP contribution in [0.1, 0.15) is 15.9 Å². The summed E-state index contributed by atoms with van der Waals surface area (Å²) in [5.74, 6) is -0.477. The highest BCUT2D eigenvalue weighted by Gasteiger charge is 2.11. The fourth-order valence-electron chi connectivity index (χ4n) is 2.34. The lowest BCUT2D eigenvalue weighted by Crippen LogP contribution is -2.25. The van der Waals surface area contributed by atoms with Crippen molar-refractivity contribution >= 4 is 17.6 Å². The van der Waals surface area contributed by atoms with Gasteiger partial charge in [0.15, 0.2) is 19.0 Å². The number of amides is 1. The molecule has 0 radical (unpaired) electrons. The summed E-state index contributed by atoms with van der Waals surface area (Å²) in [5, 5.41) is 13.6. The van der Waals surface area contributed by atoms with E-state index in [1.807, 2.05) is 30.3 Å². The number of nitrogens with zero attached hydrogens (tertiary/aromatic N) is 1. The molecule has 0 saturated carbocycles. The third kappa shape index (κ3) is 5.57. The smallest absolute Gasteiger partial charge is 0.339 e. The molecule has 0 aliphatic rings. The molecule has 7 heteroatoms. The number of aromatic nitrogens is 1. The third-order valence-electron chi connectivity index (χ3n) is 3.76. The van der Waals surface area contributed by atoms with Gasteiger partial charge in [-0.3, -0.25) is 4.79 Å². The third-order valence-corrected chi connectivity index (χ3v) is 3.76. The highest BCUT2D eigenvalue weighted by Crippen LogP contribution is 2.17. The predicted molar refractivity (Wildman–Crippen MR) is 102 cm³/mol. The molecule has 0 unspecified atom stereocenters. The molecule has 0 atom stereocenters. The Kier molecular flexibility index (Phi) is 6.20. The fraction of sp³-hybridized carbons (Fsp3) is 0.0952. The average Bonchev–Trinajstić information content (AvgIpc) is 2.73. The van der Waals surface area contributed by atoms with Crippen LogP contribution in [-0.4, -0.2) is 18.5 Å². The molecule has 0 aliphatic carbocycles. The maximum absolute atomic E-state index is 11.9. The predicted octanol–water partition coefficient (Wildman–Crippen LogP) is 2.69. The van der Waals surface area contributed by atoms with E-state index >= 15 is 0 Å². The largest absolute Gasteiger partial charge is 0.619 e. The van der Waals surface area contributed by atoms with Crippen molar-refractivity contribution < 1.29 is 23.8 Å². The van der Waals surface area contributed by atoms with Gasteiger partial charge < -0.3 is 20.0 Å². The second-order valence-corrected chi connectivity index (χ2v) is 5.87. The molecule has 1 amide bonds. The first kappa shape index (κ1) is 18.9. The number of esters is 1. The molecule has 28 heavy (non-hydrogen) atoms. The van der Waals surface area contributed by atoms with Crippen LogP contribution in [0.3, 0.4) is 0 Å². The number of rotatable bonds is 7. The van der Waals surface area contributed by atoms with Crippen molar-refractivity contribution in [3.8, 4) is 5.75 Å². The molecule has 7 nitrogen and oxygen atoms in total. The number of carbonyl (C=O) groups excluding carboxylic acids is 2. The zero-order valence-electron chi connectivity index (χ0n) is 14.9. The number of benzene rings is 2. The summed E-state index contributed by atoms with van der Waals surface area (Å²) < 4.78 is 11.2. The number of hydrogen-bond donors (Lipinski definition) is 1. The van der Waals surface area contributed by atoms with Gasteiger partial charge in [-0.2, -0.15) is 4.73 Å². The second-order valence-electron chi connectivity index (χ2n) is 5.87. The van der Waals surface area contributed by atoms with Crippen molar-refractivity contribution in [1.29, 1.82) is 0 Å². The van der Waals surface area contributed by atoms with E-state index < -0.39 is 18.5 Å². The Morgan fingerprint density at radius 2 is 1.61 bits per heavy atom. The highest BCUT2D eigenvalue weighted by molar-refractivity contribution is 5.95. The van der Waals surface area contributed by atoms with Gasteiger partial charge in [-0.05, 0) is 29.8 Å². The Hall–Kier alpha value is -3.87. The zero-order valence-corrected chi connectivity index (χ0v) is 14.9.